The van der Waals surface area contributed by atoms with Crippen LogP contribution >= 0.6 is 0 Å². The molecular formula is C69H46N2O. The third kappa shape index (κ3) is 6.27. The van der Waals surface area contributed by atoms with Crippen LogP contribution in [0.15, 0.2) is 283 Å². The number of hydrogen-bond donors (Lipinski definition) is 0. The van der Waals surface area contributed by atoms with E-state index in [2.05, 4.69) is 278 Å². The molecule has 0 radical (unpaired) electrons. The summed E-state index contributed by atoms with van der Waals surface area (Å²) in [7, 11) is 0. The minimum Gasteiger partial charge on any atom is -0.436 e. The molecule has 0 atom stereocenters. The van der Waals surface area contributed by atoms with E-state index < -0.39 is 10.8 Å². The monoisotopic (exact) mass is 918 g/mol. The third-order valence-corrected chi connectivity index (χ3v) is 15.3. The summed E-state index contributed by atoms with van der Waals surface area (Å²) in [6.07, 6.45) is 0. The van der Waals surface area contributed by atoms with E-state index in [-0.39, 0.29) is 0 Å². The minimum absolute atomic E-state index is 0.577. The van der Waals surface area contributed by atoms with Crippen molar-refractivity contribution in [2.75, 3.05) is 4.90 Å². The van der Waals surface area contributed by atoms with Crippen LogP contribution in [-0.2, 0) is 10.8 Å². The van der Waals surface area contributed by atoms with Gasteiger partial charge >= 0.3 is 0 Å². The van der Waals surface area contributed by atoms with Crippen LogP contribution in [-0.4, -0.2) is 4.98 Å². The molecule has 1 heterocycles. The minimum atomic E-state index is -0.577. The van der Waals surface area contributed by atoms with Crippen LogP contribution in [0.1, 0.15) is 44.5 Å². The second-order valence-corrected chi connectivity index (χ2v) is 19.0. The molecular weight excluding hydrogens is 873 g/mol. The first-order valence-electron chi connectivity index (χ1n) is 24.8. The summed E-state index contributed by atoms with van der Waals surface area (Å²) in [6, 6.07) is 102. The molecule has 14 rings (SSSR count). The van der Waals surface area contributed by atoms with Gasteiger partial charge in [0.05, 0.1) is 10.8 Å². The molecule has 0 amide bonds. The predicted octanol–water partition coefficient (Wildman–Crippen LogP) is 17.4. The Morgan fingerprint density at radius 1 is 0.292 bits per heavy atom. The highest BCUT2D eigenvalue weighted by atomic mass is 16.3. The van der Waals surface area contributed by atoms with Gasteiger partial charge in [-0.3, -0.25) is 0 Å². The zero-order chi connectivity index (χ0) is 47.6. The maximum Gasteiger partial charge on any atom is 0.227 e. The van der Waals surface area contributed by atoms with E-state index in [1.54, 1.807) is 0 Å². The van der Waals surface area contributed by atoms with Gasteiger partial charge in [0.15, 0.2) is 5.58 Å². The molecule has 0 unspecified atom stereocenters. The van der Waals surface area contributed by atoms with E-state index in [9.17, 15) is 0 Å². The first-order chi connectivity index (χ1) is 35.7. The molecule has 0 saturated carbocycles. The molecule has 0 saturated heterocycles. The Balaban J connectivity index is 1.00. The van der Waals surface area contributed by atoms with Gasteiger partial charge in [0.2, 0.25) is 5.89 Å². The number of aromatic nitrogens is 1. The van der Waals surface area contributed by atoms with Gasteiger partial charge in [0, 0.05) is 22.6 Å². The van der Waals surface area contributed by atoms with Crippen molar-refractivity contribution in [1.29, 1.82) is 0 Å². The predicted molar refractivity (Wildman–Crippen MR) is 294 cm³/mol. The topological polar surface area (TPSA) is 29.3 Å². The normalized spacial score (nSPS) is 13.5. The molecule has 1 aromatic heterocycles. The van der Waals surface area contributed by atoms with Gasteiger partial charge in [0.1, 0.15) is 5.52 Å². The molecule has 2 aliphatic carbocycles. The molecule has 338 valence electrons. The lowest BCUT2D eigenvalue weighted by molar-refractivity contribution is 0.620. The Morgan fingerprint density at radius 3 is 1.12 bits per heavy atom. The Morgan fingerprint density at radius 2 is 0.653 bits per heavy atom. The van der Waals surface area contributed by atoms with Gasteiger partial charge in [-0.15, -0.1) is 0 Å². The fraction of sp³-hybridized carbons (Fsp3) is 0.0290. The Kier molecular flexibility index (Phi) is 9.65. The van der Waals surface area contributed by atoms with E-state index in [1.807, 2.05) is 6.07 Å². The number of benzene rings is 11. The molecule has 0 fully saturated rings. The van der Waals surface area contributed by atoms with Crippen molar-refractivity contribution in [3.8, 4) is 44.8 Å². The first kappa shape index (κ1) is 41.6. The Bertz CT molecular complexity index is 3700. The lowest BCUT2D eigenvalue weighted by Crippen LogP contribution is -2.29. The van der Waals surface area contributed by atoms with Gasteiger partial charge in [0.25, 0.3) is 0 Å². The lowest BCUT2D eigenvalue weighted by atomic mass is 9.67. The molecule has 11 aromatic carbocycles. The summed E-state index contributed by atoms with van der Waals surface area (Å²) in [5.41, 5.74) is 21.6. The number of oxazole rings is 1. The quantitative estimate of drug-likeness (QED) is 0.144. The molecule has 0 N–H and O–H groups in total. The highest BCUT2D eigenvalue weighted by Crippen LogP contribution is 2.59. The van der Waals surface area contributed by atoms with Crippen molar-refractivity contribution in [1.82, 2.24) is 4.98 Å². The van der Waals surface area contributed by atoms with Crippen molar-refractivity contribution in [2.45, 2.75) is 10.8 Å². The van der Waals surface area contributed by atoms with Gasteiger partial charge in [-0.05, 0) is 132 Å². The van der Waals surface area contributed by atoms with Gasteiger partial charge in [-0.25, -0.2) is 4.98 Å². The van der Waals surface area contributed by atoms with Crippen LogP contribution in [0.25, 0.3) is 55.9 Å². The Hall–Kier alpha value is -9.31. The van der Waals surface area contributed by atoms with Crippen LogP contribution in [0.3, 0.4) is 0 Å². The van der Waals surface area contributed by atoms with Gasteiger partial charge < -0.3 is 9.32 Å². The van der Waals surface area contributed by atoms with Crippen molar-refractivity contribution in [3.63, 3.8) is 0 Å². The van der Waals surface area contributed by atoms with Gasteiger partial charge in [-0.2, -0.15) is 0 Å². The molecule has 12 aromatic rings. The maximum atomic E-state index is 6.56. The number of anilines is 3. The summed E-state index contributed by atoms with van der Waals surface area (Å²) in [6.45, 7) is 0. The van der Waals surface area contributed by atoms with E-state index in [0.717, 1.165) is 39.3 Å². The summed E-state index contributed by atoms with van der Waals surface area (Å²) in [5.74, 6) is 0.588. The zero-order valence-corrected chi connectivity index (χ0v) is 39.4. The van der Waals surface area contributed by atoms with Crippen LogP contribution < -0.4 is 4.90 Å². The van der Waals surface area contributed by atoms with Crippen LogP contribution in [0.5, 0.6) is 0 Å². The molecule has 3 heteroatoms. The summed E-state index contributed by atoms with van der Waals surface area (Å²) in [5, 5.41) is 0. The summed E-state index contributed by atoms with van der Waals surface area (Å²) >= 11 is 0. The maximum absolute atomic E-state index is 6.56. The third-order valence-electron chi connectivity index (χ3n) is 15.3. The lowest BCUT2D eigenvalue weighted by Gasteiger charge is -2.36. The summed E-state index contributed by atoms with van der Waals surface area (Å²) in [4.78, 5) is 7.62. The highest BCUT2D eigenvalue weighted by molar-refractivity contribution is 5.93. The molecule has 72 heavy (non-hydrogen) atoms. The molecule has 0 bridgehead atoms. The largest absolute Gasteiger partial charge is 0.436 e. The van der Waals surface area contributed by atoms with Crippen LogP contribution in [0, 0.1) is 0 Å². The average molecular weight is 919 g/mol. The number of rotatable bonds is 9. The average Bonchev–Trinajstić information content (AvgIpc) is 4.12. The van der Waals surface area contributed by atoms with E-state index in [0.29, 0.717) is 5.89 Å². The number of nitrogens with zero attached hydrogens (tertiary/aromatic N) is 2. The second kappa shape index (κ2) is 16.7. The van der Waals surface area contributed by atoms with E-state index in [4.69, 9.17) is 9.40 Å². The van der Waals surface area contributed by atoms with Crippen molar-refractivity contribution >= 4 is 28.2 Å². The molecule has 2 aliphatic rings. The number of fused-ring (bicyclic) bond motifs is 7. The zero-order valence-electron chi connectivity index (χ0n) is 39.4. The molecule has 0 spiro atoms. The standard InChI is InChI=1S/C69H46N2O/c1-6-20-47(21-7-1)48-34-36-49(37-35-48)67-70-65-46-56(40-43-66(65)72-67)71(54-38-41-59-57-30-16-18-32-61(57)68(63(59)44-54,50-22-8-2-9-23-50)51-24-10-3-11-25-51)55-39-42-60-58-31-17-19-33-62(58)69(64(60)45-55,52-26-12-4-13-27-52)53-28-14-5-15-29-53/h1-46H. The fourth-order valence-corrected chi connectivity index (χ4v) is 12.2. The first-order valence-corrected chi connectivity index (χ1v) is 24.8. The van der Waals surface area contributed by atoms with Crippen molar-refractivity contribution in [3.05, 3.63) is 324 Å². The van der Waals surface area contributed by atoms with E-state index >= 15 is 0 Å². The number of hydrogen-bond acceptors (Lipinski definition) is 3. The van der Waals surface area contributed by atoms with Crippen molar-refractivity contribution < 1.29 is 4.42 Å². The smallest absolute Gasteiger partial charge is 0.227 e. The van der Waals surface area contributed by atoms with Gasteiger partial charge in [-0.1, -0.05) is 224 Å². The summed E-state index contributed by atoms with van der Waals surface area (Å²) < 4.78 is 6.56. The van der Waals surface area contributed by atoms with E-state index in [1.165, 1.54) is 72.3 Å². The highest BCUT2D eigenvalue weighted by Gasteiger charge is 2.48. The molecule has 0 aliphatic heterocycles. The fourth-order valence-electron chi connectivity index (χ4n) is 12.2. The van der Waals surface area contributed by atoms with Crippen LogP contribution in [0.2, 0.25) is 0 Å². The van der Waals surface area contributed by atoms with Crippen LogP contribution in [0.4, 0.5) is 17.1 Å². The second-order valence-electron chi connectivity index (χ2n) is 19.0. The molecule has 3 nitrogen and oxygen atoms in total. The van der Waals surface area contributed by atoms with Crippen molar-refractivity contribution in [2.24, 2.45) is 0 Å². The Labute approximate surface area is 419 Å². The SMILES string of the molecule is c1ccc(-c2ccc(-c3nc4cc(N(c5ccc6c(c5)C(c5ccccc5)(c5ccccc5)c5ccccc5-6)c5ccc6c(c5)C(c5ccccc5)(c5ccccc5)c5ccccc5-6)ccc4o3)cc2)cc1.